The van der Waals surface area contributed by atoms with Crippen molar-refractivity contribution in [3.63, 3.8) is 0 Å². The maximum absolute atomic E-state index is 11.7. The number of nitrogens with zero attached hydrogens (tertiary/aromatic N) is 2. The third-order valence-corrected chi connectivity index (χ3v) is 5.31. The van der Waals surface area contributed by atoms with Crippen molar-refractivity contribution in [1.82, 2.24) is 15.1 Å². The first kappa shape index (κ1) is 17.9. The molecule has 0 aromatic rings. The summed E-state index contributed by atoms with van der Waals surface area (Å²) in [6.45, 7) is 15.4. The van der Waals surface area contributed by atoms with Gasteiger partial charge in [-0.25, -0.2) is 0 Å². The molecule has 2 atom stereocenters. The Hall–Kier alpha value is -0.450. The molecular formula is C18H35N3O. The van der Waals surface area contributed by atoms with E-state index in [4.69, 9.17) is 0 Å². The number of Topliss-reactive ketones (excluding diaryl/α,β-unsaturated/α-hetero) is 1. The molecule has 1 N–H and O–H groups in total. The van der Waals surface area contributed by atoms with Crippen LogP contribution in [0.4, 0.5) is 0 Å². The molecule has 0 amide bonds. The Morgan fingerprint density at radius 1 is 1.14 bits per heavy atom. The van der Waals surface area contributed by atoms with E-state index in [1.54, 1.807) is 0 Å². The van der Waals surface area contributed by atoms with E-state index >= 15 is 0 Å². The van der Waals surface area contributed by atoms with E-state index in [1.165, 1.54) is 39.0 Å². The molecule has 0 radical (unpaired) electrons. The van der Waals surface area contributed by atoms with Gasteiger partial charge in [0.1, 0.15) is 5.78 Å². The first-order valence-corrected chi connectivity index (χ1v) is 9.23. The molecular weight excluding hydrogens is 274 g/mol. The van der Waals surface area contributed by atoms with Crippen molar-refractivity contribution in [2.45, 2.75) is 59.0 Å². The molecule has 4 heteroatoms. The first-order chi connectivity index (χ1) is 10.5. The highest BCUT2D eigenvalue weighted by atomic mass is 16.1. The molecule has 1 aliphatic heterocycles. The van der Waals surface area contributed by atoms with Gasteiger partial charge in [-0.1, -0.05) is 27.7 Å². The summed E-state index contributed by atoms with van der Waals surface area (Å²) in [4.78, 5) is 17.0. The summed E-state index contributed by atoms with van der Waals surface area (Å²) in [6.07, 6.45) is 3.48. The Labute approximate surface area is 136 Å². The van der Waals surface area contributed by atoms with Gasteiger partial charge in [-0.05, 0) is 18.8 Å². The van der Waals surface area contributed by atoms with Crippen molar-refractivity contribution in [3.8, 4) is 0 Å². The molecule has 1 heterocycles. The van der Waals surface area contributed by atoms with Crippen LogP contribution in [0.25, 0.3) is 0 Å². The molecule has 2 fully saturated rings. The van der Waals surface area contributed by atoms with Crippen LogP contribution >= 0.6 is 0 Å². The van der Waals surface area contributed by atoms with Gasteiger partial charge >= 0.3 is 0 Å². The number of piperazine rings is 1. The van der Waals surface area contributed by atoms with Gasteiger partial charge in [0.25, 0.3) is 0 Å². The molecule has 1 saturated heterocycles. The van der Waals surface area contributed by atoms with Crippen LogP contribution in [0.5, 0.6) is 0 Å². The Morgan fingerprint density at radius 2 is 1.77 bits per heavy atom. The number of carbonyl (C=O) groups is 1. The van der Waals surface area contributed by atoms with E-state index < -0.39 is 0 Å². The van der Waals surface area contributed by atoms with Crippen molar-refractivity contribution >= 4 is 5.78 Å². The lowest BCUT2D eigenvalue weighted by molar-refractivity contribution is -0.122. The lowest BCUT2D eigenvalue weighted by Gasteiger charge is -2.37. The van der Waals surface area contributed by atoms with Crippen LogP contribution in [-0.2, 0) is 4.79 Å². The van der Waals surface area contributed by atoms with Gasteiger partial charge in [0.2, 0.25) is 0 Å². The number of hydrogen-bond acceptors (Lipinski definition) is 4. The monoisotopic (exact) mass is 309 g/mol. The molecule has 1 unspecified atom stereocenters. The topological polar surface area (TPSA) is 35.6 Å². The minimum absolute atomic E-state index is 0.137. The average Bonchev–Trinajstić information content (AvgIpc) is 3.35. The predicted octanol–water partition coefficient (Wildman–Crippen LogP) is 2.00. The largest absolute Gasteiger partial charge is 0.312 e. The second-order valence-electron chi connectivity index (χ2n) is 7.55. The molecule has 2 aliphatic rings. The lowest BCUT2D eigenvalue weighted by atomic mass is 10.00. The minimum atomic E-state index is 0.137. The van der Waals surface area contributed by atoms with E-state index in [2.05, 4.69) is 29.0 Å². The Morgan fingerprint density at radius 3 is 2.27 bits per heavy atom. The summed E-state index contributed by atoms with van der Waals surface area (Å²) >= 11 is 0. The number of rotatable bonds is 9. The van der Waals surface area contributed by atoms with Gasteiger partial charge in [0.05, 0.1) is 0 Å². The summed E-state index contributed by atoms with van der Waals surface area (Å²) < 4.78 is 0. The van der Waals surface area contributed by atoms with Gasteiger partial charge in [-0.3, -0.25) is 14.6 Å². The second kappa shape index (κ2) is 8.42. The smallest absolute Gasteiger partial charge is 0.136 e. The highest BCUT2D eigenvalue weighted by Crippen LogP contribution is 2.27. The molecule has 0 spiro atoms. The fourth-order valence-corrected chi connectivity index (χ4v) is 3.33. The standard InChI is InChI=1S/C18H35N3O/c1-5-18(22)15(4)12-19-17(14(2)3)13-20-8-10-21(11-9-20)16-6-7-16/h14-17,19H,5-13H2,1-4H3/t15?,17-/m0/s1. The Bertz CT molecular complexity index is 346. The van der Waals surface area contributed by atoms with E-state index in [1.807, 2.05) is 13.8 Å². The zero-order chi connectivity index (χ0) is 16.1. The molecule has 1 saturated carbocycles. The summed E-state index contributed by atoms with van der Waals surface area (Å²) in [6, 6.07) is 1.39. The van der Waals surface area contributed by atoms with Crippen LogP contribution in [0.2, 0.25) is 0 Å². The predicted molar refractivity (Wildman–Crippen MR) is 92.1 cm³/mol. The zero-order valence-electron chi connectivity index (χ0n) is 15.0. The normalized spacial score (nSPS) is 23.7. The molecule has 2 rings (SSSR count). The molecule has 0 aromatic heterocycles. The maximum atomic E-state index is 11.7. The summed E-state index contributed by atoms with van der Waals surface area (Å²) in [5.41, 5.74) is 0. The van der Waals surface area contributed by atoms with Crippen molar-refractivity contribution in [2.24, 2.45) is 11.8 Å². The number of hydrogen-bond donors (Lipinski definition) is 1. The van der Waals surface area contributed by atoms with E-state index in [-0.39, 0.29) is 5.92 Å². The Kier molecular flexibility index (Phi) is 6.85. The molecule has 1 aliphatic carbocycles. The van der Waals surface area contributed by atoms with E-state index in [0.29, 0.717) is 24.2 Å². The van der Waals surface area contributed by atoms with Crippen LogP contribution in [0.3, 0.4) is 0 Å². The minimum Gasteiger partial charge on any atom is -0.312 e. The molecule has 128 valence electrons. The summed E-state index contributed by atoms with van der Waals surface area (Å²) in [5.74, 6) is 1.11. The van der Waals surface area contributed by atoms with Crippen LogP contribution in [0.1, 0.15) is 47.0 Å². The van der Waals surface area contributed by atoms with E-state index in [9.17, 15) is 4.79 Å². The SMILES string of the molecule is CCC(=O)C(C)CN[C@@H](CN1CCN(C2CC2)CC1)C(C)C. The highest BCUT2D eigenvalue weighted by molar-refractivity contribution is 5.80. The second-order valence-corrected chi connectivity index (χ2v) is 7.55. The van der Waals surface area contributed by atoms with Gasteiger partial charge in [-0.2, -0.15) is 0 Å². The maximum Gasteiger partial charge on any atom is 0.136 e. The first-order valence-electron chi connectivity index (χ1n) is 9.23. The van der Waals surface area contributed by atoms with Crippen LogP contribution in [0, 0.1) is 11.8 Å². The number of ketones is 1. The van der Waals surface area contributed by atoms with Crippen molar-refractivity contribution in [3.05, 3.63) is 0 Å². The Balaban J connectivity index is 1.73. The third-order valence-electron chi connectivity index (χ3n) is 5.31. The van der Waals surface area contributed by atoms with Crippen LogP contribution < -0.4 is 5.32 Å². The van der Waals surface area contributed by atoms with Gasteiger partial charge < -0.3 is 5.32 Å². The highest BCUT2D eigenvalue weighted by Gasteiger charge is 2.31. The quantitative estimate of drug-likeness (QED) is 0.706. The van der Waals surface area contributed by atoms with Crippen molar-refractivity contribution in [2.75, 3.05) is 39.3 Å². The number of carbonyl (C=O) groups excluding carboxylic acids is 1. The van der Waals surface area contributed by atoms with Gasteiger partial charge in [0, 0.05) is 63.7 Å². The third kappa shape index (κ3) is 5.32. The van der Waals surface area contributed by atoms with Crippen molar-refractivity contribution < 1.29 is 4.79 Å². The lowest BCUT2D eigenvalue weighted by Crippen LogP contribution is -2.52. The molecule has 0 bridgehead atoms. The number of nitrogens with one attached hydrogen (secondary N) is 1. The molecule has 22 heavy (non-hydrogen) atoms. The molecule has 0 aromatic carbocycles. The molecule has 4 nitrogen and oxygen atoms in total. The summed E-state index contributed by atoms with van der Waals surface area (Å²) in [5, 5.41) is 3.65. The average molecular weight is 309 g/mol. The zero-order valence-corrected chi connectivity index (χ0v) is 15.0. The van der Waals surface area contributed by atoms with Gasteiger partial charge in [0.15, 0.2) is 0 Å². The fourth-order valence-electron chi connectivity index (χ4n) is 3.33. The van der Waals surface area contributed by atoms with Gasteiger partial charge in [-0.15, -0.1) is 0 Å². The summed E-state index contributed by atoms with van der Waals surface area (Å²) in [7, 11) is 0. The van der Waals surface area contributed by atoms with Crippen LogP contribution in [0.15, 0.2) is 0 Å². The van der Waals surface area contributed by atoms with Crippen molar-refractivity contribution in [1.29, 1.82) is 0 Å². The van der Waals surface area contributed by atoms with Crippen LogP contribution in [-0.4, -0.2) is 66.9 Å². The van der Waals surface area contributed by atoms with E-state index in [0.717, 1.165) is 19.1 Å². The fraction of sp³-hybridized carbons (Fsp3) is 0.944.